The highest BCUT2D eigenvalue weighted by Crippen LogP contribution is 2.50. The molecule has 3 aromatic rings. The van der Waals surface area contributed by atoms with E-state index >= 15 is 0 Å². The van der Waals surface area contributed by atoms with Crippen molar-refractivity contribution >= 4 is 17.3 Å². The molecule has 2 aliphatic rings. The predicted octanol–water partition coefficient (Wildman–Crippen LogP) is 6.39. The zero-order chi connectivity index (χ0) is 22.2. The second-order valence-corrected chi connectivity index (χ2v) is 8.77. The second kappa shape index (κ2) is 8.19. The second-order valence-electron chi connectivity index (χ2n) is 8.77. The van der Waals surface area contributed by atoms with Crippen LogP contribution in [-0.2, 0) is 0 Å². The number of nitrogens with one attached hydrogen (secondary N) is 2. The number of hydrogen-bond donors (Lipinski definition) is 2. The average Bonchev–Trinajstić information content (AvgIpc) is 3.31. The molecule has 0 bridgehead atoms. The number of para-hydroxylation sites is 1. The number of carbonyl (C=O) groups is 1. The number of aryl methyl sites for hydroxylation is 2. The van der Waals surface area contributed by atoms with Crippen LogP contribution in [0.1, 0.15) is 51.0 Å². The van der Waals surface area contributed by atoms with Crippen molar-refractivity contribution < 1.29 is 9.53 Å². The van der Waals surface area contributed by atoms with Gasteiger partial charge in [-0.15, -0.1) is 0 Å². The van der Waals surface area contributed by atoms with Gasteiger partial charge in [0, 0.05) is 11.6 Å². The minimum atomic E-state index is -0.0912. The van der Waals surface area contributed by atoms with Gasteiger partial charge in [0.25, 0.3) is 5.91 Å². The zero-order valence-corrected chi connectivity index (χ0v) is 18.7. The molecule has 4 nitrogen and oxygen atoms in total. The third-order valence-electron chi connectivity index (χ3n) is 6.88. The predicted molar refractivity (Wildman–Crippen MR) is 130 cm³/mol. The van der Waals surface area contributed by atoms with Crippen molar-refractivity contribution in [1.29, 1.82) is 0 Å². The average molecular weight is 425 g/mol. The van der Waals surface area contributed by atoms with Gasteiger partial charge in [0.15, 0.2) is 0 Å². The molecule has 1 aliphatic heterocycles. The van der Waals surface area contributed by atoms with Gasteiger partial charge in [-0.2, -0.15) is 0 Å². The maximum absolute atomic E-state index is 13.3. The van der Waals surface area contributed by atoms with Crippen molar-refractivity contribution in [3.05, 3.63) is 101 Å². The molecule has 5 rings (SSSR count). The number of allylic oxidation sites excluding steroid dienone is 2. The highest BCUT2D eigenvalue weighted by atomic mass is 16.5. The normalized spacial score (nSPS) is 20.8. The van der Waals surface area contributed by atoms with Crippen LogP contribution >= 0.6 is 0 Å². The van der Waals surface area contributed by atoms with Crippen molar-refractivity contribution in [2.45, 2.75) is 32.2 Å². The number of methoxy groups -OCH3 is 1. The lowest BCUT2D eigenvalue weighted by Gasteiger charge is -2.38. The van der Waals surface area contributed by atoms with Crippen LogP contribution in [0.4, 0.5) is 11.4 Å². The molecule has 162 valence electrons. The summed E-state index contributed by atoms with van der Waals surface area (Å²) in [5.74, 6) is 1.48. The van der Waals surface area contributed by atoms with E-state index in [0.29, 0.717) is 17.4 Å². The van der Waals surface area contributed by atoms with E-state index in [1.807, 2.05) is 42.5 Å². The first kappa shape index (κ1) is 20.4. The van der Waals surface area contributed by atoms with Gasteiger partial charge in [-0.25, -0.2) is 0 Å². The van der Waals surface area contributed by atoms with Crippen LogP contribution in [0.25, 0.3) is 0 Å². The van der Waals surface area contributed by atoms with E-state index in [2.05, 4.69) is 54.8 Å². The summed E-state index contributed by atoms with van der Waals surface area (Å²) in [6.07, 6.45) is 5.59. The summed E-state index contributed by atoms with van der Waals surface area (Å²) in [5.41, 5.74) is 7.20. The third kappa shape index (κ3) is 3.56. The standard InChI is InChI=1S/C28H28N2O2/c1-17-10-13-20(16-18(17)2)29-28(31)25-9-5-8-24-22-6-4-7-23(22)26(30-27(24)25)19-11-14-21(32-3)15-12-19/h4-6,8-16,22-23,26,30H,7H2,1-3H3,(H,29,31). The van der Waals surface area contributed by atoms with Crippen LogP contribution in [0.5, 0.6) is 5.75 Å². The van der Waals surface area contributed by atoms with Gasteiger partial charge in [0.2, 0.25) is 0 Å². The monoisotopic (exact) mass is 424 g/mol. The Hall–Kier alpha value is -3.53. The van der Waals surface area contributed by atoms with Crippen molar-refractivity contribution in [3.63, 3.8) is 0 Å². The molecule has 3 aromatic carbocycles. The van der Waals surface area contributed by atoms with E-state index in [-0.39, 0.29) is 11.9 Å². The van der Waals surface area contributed by atoms with Crippen molar-refractivity contribution in [2.24, 2.45) is 5.92 Å². The molecule has 2 N–H and O–H groups in total. The van der Waals surface area contributed by atoms with E-state index in [1.165, 1.54) is 16.7 Å². The molecule has 4 heteroatoms. The fourth-order valence-electron chi connectivity index (χ4n) is 4.97. The summed E-state index contributed by atoms with van der Waals surface area (Å²) in [6, 6.07) is 20.4. The molecule has 3 atom stereocenters. The molecule has 1 amide bonds. The number of anilines is 2. The van der Waals surface area contributed by atoms with Crippen LogP contribution in [0.3, 0.4) is 0 Å². The Balaban J connectivity index is 1.50. The van der Waals surface area contributed by atoms with Crippen LogP contribution in [0.15, 0.2) is 72.8 Å². The quantitative estimate of drug-likeness (QED) is 0.477. The Bertz CT molecular complexity index is 1200. The Kier molecular flexibility index (Phi) is 5.22. The van der Waals surface area contributed by atoms with Crippen molar-refractivity contribution in [1.82, 2.24) is 0 Å². The number of fused-ring (bicyclic) bond motifs is 3. The van der Waals surface area contributed by atoms with Crippen LogP contribution < -0.4 is 15.4 Å². The van der Waals surface area contributed by atoms with Crippen molar-refractivity contribution in [2.75, 3.05) is 17.7 Å². The number of hydrogen-bond acceptors (Lipinski definition) is 3. The SMILES string of the molecule is COc1ccc(C2Nc3c(C(=O)Nc4ccc(C)c(C)c4)cccc3C3C=CCC32)cc1. The Morgan fingerprint density at radius 2 is 1.84 bits per heavy atom. The van der Waals surface area contributed by atoms with Crippen LogP contribution in [0.2, 0.25) is 0 Å². The maximum atomic E-state index is 13.3. The third-order valence-corrected chi connectivity index (χ3v) is 6.88. The smallest absolute Gasteiger partial charge is 0.257 e. The molecule has 0 saturated heterocycles. The molecule has 0 aromatic heterocycles. The van der Waals surface area contributed by atoms with Gasteiger partial charge in [-0.1, -0.05) is 42.5 Å². The summed E-state index contributed by atoms with van der Waals surface area (Å²) >= 11 is 0. The fraction of sp³-hybridized carbons (Fsp3) is 0.250. The summed E-state index contributed by atoms with van der Waals surface area (Å²) in [5, 5.41) is 6.83. The minimum Gasteiger partial charge on any atom is -0.497 e. The molecule has 1 heterocycles. The van der Waals surface area contributed by atoms with Gasteiger partial charge < -0.3 is 15.4 Å². The molecule has 1 aliphatic carbocycles. The van der Waals surface area contributed by atoms with Crippen LogP contribution in [0, 0.1) is 19.8 Å². The number of ether oxygens (including phenoxy) is 1. The summed E-state index contributed by atoms with van der Waals surface area (Å²) in [7, 11) is 1.68. The first-order valence-corrected chi connectivity index (χ1v) is 11.1. The number of rotatable bonds is 4. The topological polar surface area (TPSA) is 50.4 Å². The zero-order valence-electron chi connectivity index (χ0n) is 18.7. The summed E-state index contributed by atoms with van der Waals surface area (Å²) < 4.78 is 5.34. The van der Waals surface area contributed by atoms with Crippen LogP contribution in [-0.4, -0.2) is 13.0 Å². The molecule has 0 spiro atoms. The lowest BCUT2D eigenvalue weighted by atomic mass is 9.76. The Morgan fingerprint density at radius 1 is 1.03 bits per heavy atom. The van der Waals surface area contributed by atoms with E-state index in [4.69, 9.17) is 4.74 Å². The van der Waals surface area contributed by atoms with Gasteiger partial charge in [0.1, 0.15) is 5.75 Å². The minimum absolute atomic E-state index is 0.0912. The molecule has 3 unspecified atom stereocenters. The van der Waals surface area contributed by atoms with Gasteiger partial charge in [-0.05, 0) is 78.8 Å². The highest BCUT2D eigenvalue weighted by Gasteiger charge is 2.39. The lowest BCUT2D eigenvalue weighted by molar-refractivity contribution is 0.102. The molecular weight excluding hydrogens is 396 g/mol. The Labute approximate surface area is 189 Å². The largest absolute Gasteiger partial charge is 0.497 e. The lowest BCUT2D eigenvalue weighted by Crippen LogP contribution is -2.30. The van der Waals surface area contributed by atoms with Crippen molar-refractivity contribution in [3.8, 4) is 5.75 Å². The molecule has 0 radical (unpaired) electrons. The van der Waals surface area contributed by atoms with Gasteiger partial charge in [-0.3, -0.25) is 4.79 Å². The molecule has 32 heavy (non-hydrogen) atoms. The van der Waals surface area contributed by atoms with E-state index < -0.39 is 0 Å². The number of carbonyl (C=O) groups excluding carboxylic acids is 1. The summed E-state index contributed by atoms with van der Waals surface area (Å²) in [6.45, 7) is 4.13. The molecular formula is C28H28N2O2. The molecule has 0 fully saturated rings. The molecule has 0 saturated carbocycles. The van der Waals surface area contributed by atoms with E-state index in [0.717, 1.165) is 29.1 Å². The highest BCUT2D eigenvalue weighted by molar-refractivity contribution is 6.08. The van der Waals surface area contributed by atoms with Gasteiger partial charge >= 0.3 is 0 Å². The summed E-state index contributed by atoms with van der Waals surface area (Å²) in [4.78, 5) is 13.3. The number of amides is 1. The maximum Gasteiger partial charge on any atom is 0.257 e. The van der Waals surface area contributed by atoms with E-state index in [1.54, 1.807) is 7.11 Å². The fourth-order valence-corrected chi connectivity index (χ4v) is 4.97. The number of benzene rings is 3. The first-order chi connectivity index (χ1) is 15.5. The van der Waals surface area contributed by atoms with E-state index in [9.17, 15) is 4.79 Å². The Morgan fingerprint density at radius 3 is 2.59 bits per heavy atom. The van der Waals surface area contributed by atoms with Gasteiger partial charge in [0.05, 0.1) is 24.4 Å². The first-order valence-electron chi connectivity index (χ1n) is 11.1.